The summed E-state index contributed by atoms with van der Waals surface area (Å²) >= 11 is 0. The Balaban J connectivity index is 3.34. The number of hydrogen-bond acceptors (Lipinski definition) is 5. The maximum absolute atomic E-state index is 13.4. The zero-order valence-corrected chi connectivity index (χ0v) is 13.9. The third-order valence-electron chi connectivity index (χ3n) is 3.07. The monoisotopic (exact) mass is 338 g/mol. The Labute approximate surface area is 132 Å². The van der Waals surface area contributed by atoms with Gasteiger partial charge in [-0.15, -0.1) is 0 Å². The molecule has 23 heavy (non-hydrogen) atoms. The topological polar surface area (TPSA) is 59.1 Å². The molecular weight excluding hydrogens is 317 g/mol. The zero-order valence-electron chi connectivity index (χ0n) is 13.9. The van der Waals surface area contributed by atoms with Gasteiger partial charge in [-0.1, -0.05) is 0 Å². The first-order valence-electron chi connectivity index (χ1n) is 6.80. The first-order valence-corrected chi connectivity index (χ1v) is 6.80. The van der Waals surface area contributed by atoms with Gasteiger partial charge in [-0.3, -0.25) is 9.69 Å². The first-order chi connectivity index (χ1) is 10.2. The summed E-state index contributed by atoms with van der Waals surface area (Å²) in [6, 6.07) is 0. The Kier molecular flexibility index (Phi) is 5.05. The standard InChI is InChI=1S/C14H21F3N2O4/c1-12(2,3)23-11(21)19-8-13(22-6,14(15,16)17)10(20)9(19)7-18(4)5/h7H,8H2,1-6H3/b9-7+. The van der Waals surface area contributed by atoms with Crippen LogP contribution in [0.1, 0.15) is 20.8 Å². The number of carbonyl (C=O) groups is 2. The van der Waals surface area contributed by atoms with Gasteiger partial charge in [0.15, 0.2) is 0 Å². The van der Waals surface area contributed by atoms with E-state index in [4.69, 9.17) is 4.74 Å². The van der Waals surface area contributed by atoms with Crippen molar-refractivity contribution < 1.29 is 32.2 Å². The maximum Gasteiger partial charge on any atom is 0.426 e. The van der Waals surface area contributed by atoms with Gasteiger partial charge in [0.25, 0.3) is 0 Å². The fourth-order valence-corrected chi connectivity index (χ4v) is 2.05. The van der Waals surface area contributed by atoms with Crippen LogP contribution >= 0.6 is 0 Å². The maximum atomic E-state index is 13.4. The van der Waals surface area contributed by atoms with Crippen LogP contribution in [0.3, 0.4) is 0 Å². The van der Waals surface area contributed by atoms with Crippen molar-refractivity contribution in [1.82, 2.24) is 9.80 Å². The van der Waals surface area contributed by atoms with Gasteiger partial charge in [0.05, 0.1) is 6.54 Å². The second-order valence-electron chi connectivity index (χ2n) is 6.40. The van der Waals surface area contributed by atoms with Crippen molar-refractivity contribution in [3.63, 3.8) is 0 Å². The smallest absolute Gasteiger partial charge is 0.426 e. The molecule has 0 bridgehead atoms. The molecular formula is C14H21F3N2O4. The van der Waals surface area contributed by atoms with Gasteiger partial charge in [0, 0.05) is 27.4 Å². The molecule has 0 aliphatic carbocycles. The molecule has 0 radical (unpaired) electrons. The molecule has 1 unspecified atom stereocenters. The normalized spacial score (nSPS) is 24.3. The largest absolute Gasteiger partial charge is 0.443 e. The molecule has 1 amide bonds. The number of hydrogen-bond donors (Lipinski definition) is 0. The van der Waals surface area contributed by atoms with E-state index in [-0.39, 0.29) is 0 Å². The van der Waals surface area contributed by atoms with E-state index in [2.05, 4.69) is 4.74 Å². The molecule has 1 saturated heterocycles. The number of halogens is 3. The number of methoxy groups -OCH3 is 1. The van der Waals surface area contributed by atoms with Gasteiger partial charge in [0.2, 0.25) is 11.4 Å². The van der Waals surface area contributed by atoms with Gasteiger partial charge in [0.1, 0.15) is 11.3 Å². The number of ether oxygens (including phenoxy) is 2. The molecule has 1 heterocycles. The highest BCUT2D eigenvalue weighted by Gasteiger charge is 2.68. The number of Topliss-reactive ketones (excluding diaryl/α,β-unsaturated/α-hetero) is 1. The van der Waals surface area contributed by atoms with Gasteiger partial charge in [-0.2, -0.15) is 13.2 Å². The van der Waals surface area contributed by atoms with Crippen molar-refractivity contribution >= 4 is 11.9 Å². The van der Waals surface area contributed by atoms with Crippen LogP contribution in [0.4, 0.5) is 18.0 Å². The summed E-state index contributed by atoms with van der Waals surface area (Å²) < 4.78 is 49.8. The molecule has 1 rings (SSSR count). The summed E-state index contributed by atoms with van der Waals surface area (Å²) in [5, 5.41) is 0. The van der Waals surface area contributed by atoms with Crippen molar-refractivity contribution in [2.75, 3.05) is 27.7 Å². The van der Waals surface area contributed by atoms with Crippen molar-refractivity contribution in [3.05, 3.63) is 11.9 Å². The molecule has 132 valence electrons. The number of ketones is 1. The Morgan fingerprint density at radius 1 is 1.30 bits per heavy atom. The second kappa shape index (κ2) is 6.03. The van der Waals surface area contributed by atoms with E-state index < -0.39 is 41.5 Å². The lowest BCUT2D eigenvalue weighted by molar-refractivity contribution is -0.252. The molecule has 0 aromatic carbocycles. The van der Waals surface area contributed by atoms with E-state index in [1.54, 1.807) is 20.8 Å². The minimum atomic E-state index is -4.97. The van der Waals surface area contributed by atoms with E-state index in [0.717, 1.165) is 13.3 Å². The van der Waals surface area contributed by atoms with Crippen LogP contribution in [-0.2, 0) is 14.3 Å². The number of nitrogens with zero attached hydrogens (tertiary/aromatic N) is 2. The molecule has 0 spiro atoms. The molecule has 0 aromatic heterocycles. The number of amides is 1. The Morgan fingerprint density at radius 3 is 2.17 bits per heavy atom. The zero-order chi connectivity index (χ0) is 18.2. The quantitative estimate of drug-likeness (QED) is 0.722. The van der Waals surface area contributed by atoms with E-state index in [1.807, 2.05) is 0 Å². The Morgan fingerprint density at radius 2 is 1.83 bits per heavy atom. The number of alkyl halides is 3. The lowest BCUT2D eigenvalue weighted by Crippen LogP contribution is -2.54. The Hall–Kier alpha value is -1.77. The van der Waals surface area contributed by atoms with Crippen molar-refractivity contribution in [2.45, 2.75) is 38.1 Å². The highest BCUT2D eigenvalue weighted by Crippen LogP contribution is 2.42. The molecule has 1 atom stereocenters. The van der Waals surface area contributed by atoms with Gasteiger partial charge >= 0.3 is 12.3 Å². The molecule has 6 nitrogen and oxygen atoms in total. The lowest BCUT2D eigenvalue weighted by atomic mass is 10.00. The van der Waals surface area contributed by atoms with Gasteiger partial charge in [-0.05, 0) is 20.8 Å². The Bertz CT molecular complexity index is 523. The lowest BCUT2D eigenvalue weighted by Gasteiger charge is -2.28. The fraction of sp³-hybridized carbons (Fsp3) is 0.714. The fourth-order valence-electron chi connectivity index (χ4n) is 2.05. The van der Waals surface area contributed by atoms with E-state index in [1.165, 1.54) is 19.0 Å². The van der Waals surface area contributed by atoms with Crippen LogP contribution in [0.2, 0.25) is 0 Å². The minimum absolute atomic E-state index is 0.427. The van der Waals surface area contributed by atoms with E-state index >= 15 is 0 Å². The molecule has 1 fully saturated rings. The van der Waals surface area contributed by atoms with Crippen LogP contribution in [-0.4, -0.2) is 66.8 Å². The molecule has 0 aromatic rings. The van der Waals surface area contributed by atoms with E-state index in [9.17, 15) is 22.8 Å². The predicted octanol–water partition coefficient (Wildman–Crippen LogP) is 2.16. The summed E-state index contributed by atoms with van der Waals surface area (Å²) in [6.07, 6.45) is -4.87. The van der Waals surface area contributed by atoms with Gasteiger partial charge < -0.3 is 14.4 Å². The summed E-state index contributed by atoms with van der Waals surface area (Å²) in [5.74, 6) is -1.33. The van der Waals surface area contributed by atoms with Crippen molar-refractivity contribution in [2.24, 2.45) is 0 Å². The summed E-state index contributed by atoms with van der Waals surface area (Å²) in [4.78, 5) is 26.6. The van der Waals surface area contributed by atoms with Crippen molar-refractivity contribution in [1.29, 1.82) is 0 Å². The van der Waals surface area contributed by atoms with Crippen LogP contribution in [0.15, 0.2) is 11.9 Å². The third-order valence-corrected chi connectivity index (χ3v) is 3.07. The molecule has 0 saturated carbocycles. The average molecular weight is 338 g/mol. The van der Waals surface area contributed by atoms with Crippen LogP contribution < -0.4 is 0 Å². The molecule has 9 heteroatoms. The number of rotatable bonds is 2. The first kappa shape index (κ1) is 19.3. The molecule has 1 aliphatic heterocycles. The number of likely N-dealkylation sites (tertiary alicyclic amines) is 1. The van der Waals surface area contributed by atoms with Crippen LogP contribution in [0.5, 0.6) is 0 Å². The van der Waals surface area contributed by atoms with Crippen LogP contribution in [0, 0.1) is 0 Å². The van der Waals surface area contributed by atoms with Gasteiger partial charge in [-0.25, -0.2) is 4.79 Å². The minimum Gasteiger partial charge on any atom is -0.443 e. The highest BCUT2D eigenvalue weighted by atomic mass is 19.4. The third kappa shape index (κ3) is 3.77. The van der Waals surface area contributed by atoms with E-state index in [0.29, 0.717) is 4.90 Å². The average Bonchev–Trinajstić information content (AvgIpc) is 2.61. The van der Waals surface area contributed by atoms with Crippen LogP contribution in [0.25, 0.3) is 0 Å². The highest BCUT2D eigenvalue weighted by molar-refractivity contribution is 6.07. The second-order valence-corrected chi connectivity index (χ2v) is 6.40. The predicted molar refractivity (Wildman–Crippen MR) is 75.5 cm³/mol. The number of carbonyl (C=O) groups excluding carboxylic acids is 2. The SMILES string of the molecule is COC1(C(F)(F)F)CN(C(=O)OC(C)(C)C)/C(=C/N(C)C)C1=O. The molecule has 0 N–H and O–H groups in total. The summed E-state index contributed by atoms with van der Waals surface area (Å²) in [6.45, 7) is 3.74. The summed E-state index contributed by atoms with van der Waals surface area (Å²) in [5.41, 5.74) is -4.44. The van der Waals surface area contributed by atoms with Crippen molar-refractivity contribution in [3.8, 4) is 0 Å². The summed E-state index contributed by atoms with van der Waals surface area (Å²) in [7, 11) is 3.83. The molecule has 1 aliphatic rings.